The van der Waals surface area contributed by atoms with Gasteiger partial charge >= 0.3 is 5.97 Å². The number of aliphatic carboxylic acids is 1. The number of methoxy groups -OCH3 is 1. The molecule has 0 aliphatic carbocycles. The van der Waals surface area contributed by atoms with Crippen molar-refractivity contribution in [1.82, 2.24) is 9.55 Å². The van der Waals surface area contributed by atoms with Gasteiger partial charge in [0.05, 0.1) is 19.2 Å². The SMILES string of the molecule is COc1ccc(-c2ccc(CCC(=O)O)n2-c2ccc(C(=O)Nc3ccncc3)cc2C)cc1. The molecule has 7 heteroatoms. The number of amides is 1. The standard InChI is InChI=1S/C27H25N3O4/c1-18-17-20(27(33)29-21-13-15-28-16-14-21)5-10-24(18)30-22(7-12-26(31)32)6-11-25(30)19-3-8-23(34-2)9-4-19/h3-6,8-11,13-17H,7,12H2,1-2H3,(H,31,32)(H,28,29,33). The fourth-order valence-electron chi connectivity index (χ4n) is 3.87. The number of carboxylic acid groups (broad SMARTS) is 1. The fourth-order valence-corrected chi connectivity index (χ4v) is 3.87. The third-order valence-electron chi connectivity index (χ3n) is 5.58. The lowest BCUT2D eigenvalue weighted by atomic mass is 10.1. The van der Waals surface area contributed by atoms with E-state index in [-0.39, 0.29) is 12.3 Å². The van der Waals surface area contributed by atoms with E-state index in [1.54, 1.807) is 37.7 Å². The van der Waals surface area contributed by atoms with Crippen LogP contribution in [0.4, 0.5) is 5.69 Å². The van der Waals surface area contributed by atoms with Crippen LogP contribution in [-0.2, 0) is 11.2 Å². The number of carbonyl (C=O) groups excluding carboxylic acids is 1. The van der Waals surface area contributed by atoms with Gasteiger partial charge in [-0.2, -0.15) is 0 Å². The summed E-state index contributed by atoms with van der Waals surface area (Å²) in [6, 6.07) is 20.6. The first-order valence-electron chi connectivity index (χ1n) is 10.9. The highest BCUT2D eigenvalue weighted by Crippen LogP contribution is 2.30. The van der Waals surface area contributed by atoms with Crippen LogP contribution in [0.25, 0.3) is 16.9 Å². The molecule has 172 valence electrons. The van der Waals surface area contributed by atoms with Gasteiger partial charge in [0, 0.05) is 35.0 Å². The lowest BCUT2D eigenvalue weighted by molar-refractivity contribution is -0.136. The molecule has 7 nitrogen and oxygen atoms in total. The molecule has 0 aliphatic rings. The zero-order valence-corrected chi connectivity index (χ0v) is 19.0. The number of pyridine rings is 1. The fraction of sp³-hybridized carbons (Fsp3) is 0.148. The first-order chi connectivity index (χ1) is 16.5. The average molecular weight is 456 g/mol. The highest BCUT2D eigenvalue weighted by Gasteiger charge is 2.16. The van der Waals surface area contributed by atoms with Gasteiger partial charge in [0.1, 0.15) is 5.75 Å². The van der Waals surface area contributed by atoms with Crippen LogP contribution >= 0.6 is 0 Å². The predicted molar refractivity (Wildman–Crippen MR) is 131 cm³/mol. The summed E-state index contributed by atoms with van der Waals surface area (Å²) in [5, 5.41) is 12.1. The van der Waals surface area contributed by atoms with Crippen molar-refractivity contribution in [2.75, 3.05) is 12.4 Å². The molecular weight excluding hydrogens is 430 g/mol. The number of hydrogen-bond donors (Lipinski definition) is 2. The first-order valence-corrected chi connectivity index (χ1v) is 10.9. The molecule has 0 saturated carbocycles. The van der Waals surface area contributed by atoms with E-state index in [9.17, 15) is 14.7 Å². The van der Waals surface area contributed by atoms with E-state index in [2.05, 4.69) is 14.9 Å². The van der Waals surface area contributed by atoms with Crippen LogP contribution in [0.15, 0.2) is 79.1 Å². The molecule has 0 spiro atoms. The minimum Gasteiger partial charge on any atom is -0.497 e. The van der Waals surface area contributed by atoms with Gasteiger partial charge in [0.2, 0.25) is 0 Å². The molecule has 0 saturated heterocycles. The van der Waals surface area contributed by atoms with Gasteiger partial charge in [-0.25, -0.2) is 0 Å². The maximum absolute atomic E-state index is 12.7. The third kappa shape index (κ3) is 4.99. The molecule has 2 aromatic carbocycles. The summed E-state index contributed by atoms with van der Waals surface area (Å²) in [7, 11) is 1.62. The zero-order valence-electron chi connectivity index (χ0n) is 19.0. The Labute approximate surface area is 197 Å². The molecule has 4 aromatic rings. The topological polar surface area (TPSA) is 93.5 Å². The van der Waals surface area contributed by atoms with Crippen LogP contribution < -0.4 is 10.1 Å². The normalized spacial score (nSPS) is 10.6. The summed E-state index contributed by atoms with van der Waals surface area (Å²) in [4.78, 5) is 27.9. The molecule has 0 fully saturated rings. The molecule has 1 amide bonds. The lowest BCUT2D eigenvalue weighted by Crippen LogP contribution is -2.13. The number of rotatable bonds is 8. The van der Waals surface area contributed by atoms with Gasteiger partial charge in [0.25, 0.3) is 5.91 Å². The van der Waals surface area contributed by atoms with E-state index in [0.717, 1.165) is 34.0 Å². The summed E-state index contributed by atoms with van der Waals surface area (Å²) in [6.07, 6.45) is 3.65. The number of anilines is 1. The minimum absolute atomic E-state index is 0.0253. The molecule has 2 N–H and O–H groups in total. The Bertz CT molecular complexity index is 1310. The van der Waals surface area contributed by atoms with E-state index in [4.69, 9.17) is 4.74 Å². The van der Waals surface area contributed by atoms with Crippen molar-refractivity contribution in [2.24, 2.45) is 0 Å². The van der Waals surface area contributed by atoms with Crippen LogP contribution in [-0.4, -0.2) is 33.6 Å². The second-order valence-electron chi connectivity index (χ2n) is 7.86. The Morgan fingerprint density at radius 1 is 1.00 bits per heavy atom. The van der Waals surface area contributed by atoms with Gasteiger partial charge < -0.3 is 19.7 Å². The van der Waals surface area contributed by atoms with Gasteiger partial charge in [-0.15, -0.1) is 0 Å². The number of aromatic nitrogens is 2. The van der Waals surface area contributed by atoms with Crippen LogP contribution in [0, 0.1) is 6.92 Å². The Balaban J connectivity index is 1.71. The number of carboxylic acids is 1. The molecule has 4 rings (SSSR count). The van der Waals surface area contributed by atoms with Crippen LogP contribution in [0.3, 0.4) is 0 Å². The summed E-state index contributed by atoms with van der Waals surface area (Å²) < 4.78 is 7.33. The van der Waals surface area contributed by atoms with Crippen molar-refractivity contribution >= 4 is 17.6 Å². The predicted octanol–water partition coefficient (Wildman–Crippen LogP) is 5.13. The summed E-state index contributed by atoms with van der Waals surface area (Å²) in [5.41, 5.74) is 5.77. The van der Waals surface area contributed by atoms with Gasteiger partial charge in [-0.3, -0.25) is 14.6 Å². The van der Waals surface area contributed by atoms with Crippen molar-refractivity contribution in [2.45, 2.75) is 19.8 Å². The highest BCUT2D eigenvalue weighted by molar-refractivity contribution is 6.04. The Morgan fingerprint density at radius 2 is 1.74 bits per heavy atom. The minimum atomic E-state index is -0.849. The van der Waals surface area contributed by atoms with E-state index in [1.807, 2.05) is 55.5 Å². The highest BCUT2D eigenvalue weighted by atomic mass is 16.5. The number of ether oxygens (including phenoxy) is 1. The molecular formula is C27H25N3O4. The van der Waals surface area contributed by atoms with Crippen molar-refractivity contribution in [3.05, 3.63) is 95.9 Å². The Morgan fingerprint density at radius 3 is 2.38 bits per heavy atom. The molecule has 0 aliphatic heterocycles. The van der Waals surface area contributed by atoms with E-state index < -0.39 is 5.97 Å². The number of hydrogen-bond acceptors (Lipinski definition) is 4. The second kappa shape index (κ2) is 10.0. The molecule has 2 heterocycles. The molecule has 0 unspecified atom stereocenters. The lowest BCUT2D eigenvalue weighted by Gasteiger charge is -2.17. The average Bonchev–Trinajstić information content (AvgIpc) is 3.27. The van der Waals surface area contributed by atoms with Crippen molar-refractivity contribution in [3.63, 3.8) is 0 Å². The van der Waals surface area contributed by atoms with Crippen molar-refractivity contribution in [3.8, 4) is 22.7 Å². The van der Waals surface area contributed by atoms with E-state index in [0.29, 0.717) is 17.7 Å². The van der Waals surface area contributed by atoms with Crippen LogP contribution in [0.5, 0.6) is 5.75 Å². The smallest absolute Gasteiger partial charge is 0.303 e. The van der Waals surface area contributed by atoms with Gasteiger partial charge in [0.15, 0.2) is 0 Å². The maximum Gasteiger partial charge on any atom is 0.303 e. The summed E-state index contributed by atoms with van der Waals surface area (Å²) in [5.74, 6) is -0.304. The number of nitrogens with one attached hydrogen (secondary N) is 1. The summed E-state index contributed by atoms with van der Waals surface area (Å²) in [6.45, 7) is 1.94. The van der Waals surface area contributed by atoms with E-state index in [1.165, 1.54) is 0 Å². The second-order valence-corrected chi connectivity index (χ2v) is 7.86. The van der Waals surface area contributed by atoms with Crippen molar-refractivity contribution < 1.29 is 19.4 Å². The van der Waals surface area contributed by atoms with Gasteiger partial charge in [-0.05, 0) is 91.2 Å². The van der Waals surface area contributed by atoms with Gasteiger partial charge in [-0.1, -0.05) is 0 Å². The Hall–Kier alpha value is -4.39. The van der Waals surface area contributed by atoms with Crippen molar-refractivity contribution in [1.29, 1.82) is 0 Å². The molecule has 0 bridgehead atoms. The van der Waals surface area contributed by atoms with Crippen LogP contribution in [0.1, 0.15) is 28.0 Å². The zero-order chi connectivity index (χ0) is 24.1. The third-order valence-corrected chi connectivity index (χ3v) is 5.58. The monoisotopic (exact) mass is 455 g/mol. The first kappa shape index (κ1) is 22.8. The molecule has 2 aromatic heterocycles. The quantitative estimate of drug-likeness (QED) is 0.384. The number of benzene rings is 2. The van der Waals surface area contributed by atoms with E-state index >= 15 is 0 Å². The largest absolute Gasteiger partial charge is 0.497 e. The number of nitrogens with zero attached hydrogens (tertiary/aromatic N) is 2. The molecule has 0 radical (unpaired) electrons. The number of aryl methyl sites for hydroxylation is 2. The molecule has 0 atom stereocenters. The summed E-state index contributed by atoms with van der Waals surface area (Å²) >= 11 is 0. The van der Waals surface area contributed by atoms with Crippen LogP contribution in [0.2, 0.25) is 0 Å². The molecule has 34 heavy (non-hydrogen) atoms. The number of carbonyl (C=O) groups is 2. The Kier molecular flexibility index (Phi) is 6.73. The maximum atomic E-state index is 12.7.